The molecule has 2 fully saturated rings. The fraction of sp³-hybridized carbons (Fsp3) is 0.400. The van der Waals surface area contributed by atoms with Crippen molar-refractivity contribution in [3.8, 4) is 5.75 Å². The number of aromatic hydroxyl groups is 1. The number of aliphatic hydroxyl groups is 1. The van der Waals surface area contributed by atoms with Gasteiger partial charge in [0.2, 0.25) is 41.3 Å². The number of hydrogen-bond donors (Lipinski definition) is 7. The van der Waals surface area contributed by atoms with Crippen LogP contribution in [0.15, 0.2) is 137 Å². The molecule has 8 rings (SSSR count). The molecule has 4 aliphatic rings. The molecule has 2 bridgehead atoms. The summed E-state index contributed by atoms with van der Waals surface area (Å²) in [6.07, 6.45) is 10.2. The lowest BCUT2D eigenvalue weighted by molar-refractivity contribution is -0.155. The van der Waals surface area contributed by atoms with Crippen LogP contribution in [0, 0.1) is 11.8 Å². The van der Waals surface area contributed by atoms with Crippen molar-refractivity contribution in [3.05, 3.63) is 161 Å². The van der Waals surface area contributed by atoms with Gasteiger partial charge in [-0.05, 0) is 68.4 Å². The number of carbonyl (C=O) groups is 11. The number of likely N-dealkylation sites (N-methyl/N-ethyl adjacent to an activating group) is 1. The summed E-state index contributed by atoms with van der Waals surface area (Å²) < 4.78 is 16.8. The molecule has 2 aromatic carbocycles. The first-order chi connectivity index (χ1) is 43.5. The van der Waals surface area contributed by atoms with Crippen LogP contribution in [0.25, 0.3) is 0 Å². The average molecular weight is 1250 g/mol. The molecule has 26 nitrogen and oxygen atoms in total. The molecule has 7 N–H and O–H groups in total. The molecular weight excluding hydrogens is 1180 g/mol. The minimum atomic E-state index is -1.62. The largest absolute Gasteiger partial charge is 0.505 e. The van der Waals surface area contributed by atoms with Crippen molar-refractivity contribution >= 4 is 65.0 Å². The molecule has 0 aliphatic carbocycles. The summed E-state index contributed by atoms with van der Waals surface area (Å²) in [7, 11) is 1.45. The average Bonchev–Trinajstić information content (AvgIpc) is 3.27. The van der Waals surface area contributed by atoms with Crippen molar-refractivity contribution in [2.24, 2.45) is 11.8 Å². The summed E-state index contributed by atoms with van der Waals surface area (Å²) in [5, 5.41) is 33.2. The fourth-order valence-electron chi connectivity index (χ4n) is 10.6. The second-order valence-corrected chi connectivity index (χ2v) is 22.5. The van der Waals surface area contributed by atoms with Gasteiger partial charge >= 0.3 is 11.9 Å². The third-order valence-corrected chi connectivity index (χ3v) is 15.3. The van der Waals surface area contributed by atoms with E-state index in [0.717, 1.165) is 17.4 Å². The number of hydrogen-bond acceptors (Lipinski definition) is 18. The zero-order chi connectivity index (χ0) is 65.9. The molecular formula is C65H76N10O16. The second-order valence-electron chi connectivity index (χ2n) is 22.5. The first-order valence-electron chi connectivity index (χ1n) is 29.8. The number of rotatable bonds is 6. The maximum atomic E-state index is 14.0. The van der Waals surface area contributed by atoms with E-state index in [4.69, 9.17) is 13.9 Å². The number of allylic oxidation sites excluding steroid dienone is 2. The summed E-state index contributed by atoms with van der Waals surface area (Å²) in [4.78, 5) is 158. The van der Waals surface area contributed by atoms with Crippen LogP contribution in [0.4, 0.5) is 0 Å². The number of aromatic nitrogens is 2. The molecule has 4 aromatic rings. The van der Waals surface area contributed by atoms with E-state index in [1.54, 1.807) is 91.9 Å². The molecule has 2 saturated heterocycles. The van der Waals surface area contributed by atoms with Crippen LogP contribution in [-0.2, 0) is 65.5 Å². The molecule has 482 valence electrons. The molecule has 4 aliphatic heterocycles. The number of pyridine rings is 1. The Morgan fingerprint density at radius 1 is 0.857 bits per heavy atom. The normalized spacial score (nSPS) is 25.3. The molecule has 0 saturated carbocycles. The van der Waals surface area contributed by atoms with Crippen molar-refractivity contribution in [2.45, 2.75) is 116 Å². The van der Waals surface area contributed by atoms with E-state index in [9.17, 15) is 63.0 Å². The van der Waals surface area contributed by atoms with Gasteiger partial charge in [0.05, 0.1) is 25.6 Å². The Hall–Kier alpha value is -10.1. The van der Waals surface area contributed by atoms with Crippen LogP contribution in [0.5, 0.6) is 5.75 Å². The highest BCUT2D eigenvalue weighted by Crippen LogP contribution is 2.26. The minimum absolute atomic E-state index is 0.0315. The molecule has 2 aromatic heterocycles. The van der Waals surface area contributed by atoms with Gasteiger partial charge in [-0.25, -0.2) is 19.6 Å². The van der Waals surface area contributed by atoms with Crippen molar-refractivity contribution in [2.75, 3.05) is 39.8 Å². The number of cyclic esters (lactones) is 2. The van der Waals surface area contributed by atoms with Crippen LogP contribution in [0.1, 0.15) is 104 Å². The number of esters is 2. The van der Waals surface area contributed by atoms with Gasteiger partial charge in [-0.2, -0.15) is 0 Å². The maximum Gasteiger partial charge on any atom is 0.355 e. The highest BCUT2D eigenvalue weighted by Gasteiger charge is 2.41. The minimum Gasteiger partial charge on any atom is -0.505 e. The topological polar surface area (TPSA) is 355 Å². The first-order valence-corrected chi connectivity index (χ1v) is 29.8. The van der Waals surface area contributed by atoms with Crippen LogP contribution < -0.4 is 26.6 Å². The van der Waals surface area contributed by atoms with Gasteiger partial charge in [-0.1, -0.05) is 117 Å². The number of benzene rings is 2. The molecule has 0 spiro atoms. The van der Waals surface area contributed by atoms with Crippen LogP contribution in [0.2, 0.25) is 0 Å². The molecule has 1 unspecified atom stereocenters. The molecule has 26 heteroatoms. The van der Waals surface area contributed by atoms with Crippen LogP contribution in [0.3, 0.4) is 0 Å². The predicted octanol–water partition coefficient (Wildman–Crippen LogP) is 2.64. The summed E-state index contributed by atoms with van der Waals surface area (Å²) in [5.74, 6) is -7.93. The van der Waals surface area contributed by atoms with Crippen LogP contribution >= 0.6 is 0 Å². The number of fused-ring (bicyclic) bond motifs is 4. The van der Waals surface area contributed by atoms with Gasteiger partial charge in [0, 0.05) is 51.6 Å². The van der Waals surface area contributed by atoms with Gasteiger partial charge in [0.25, 0.3) is 11.8 Å². The summed E-state index contributed by atoms with van der Waals surface area (Å²) in [6, 6.07) is 14.7. The van der Waals surface area contributed by atoms with Crippen molar-refractivity contribution in [1.29, 1.82) is 0 Å². The van der Waals surface area contributed by atoms with Gasteiger partial charge in [0.1, 0.15) is 53.8 Å². The highest BCUT2D eigenvalue weighted by molar-refractivity contribution is 6.01. The van der Waals surface area contributed by atoms with Crippen LogP contribution in [-0.4, -0.2) is 176 Å². The Morgan fingerprint density at radius 2 is 1.57 bits per heavy atom. The van der Waals surface area contributed by atoms with Gasteiger partial charge in [0.15, 0.2) is 17.4 Å². The maximum absolute atomic E-state index is 14.0. The highest BCUT2D eigenvalue weighted by atomic mass is 16.6. The number of aliphatic hydroxyl groups excluding tert-OH is 1. The Kier molecular flexibility index (Phi) is 24.3. The van der Waals surface area contributed by atoms with Gasteiger partial charge in [-0.15, -0.1) is 0 Å². The number of carbonyl (C=O) groups excluding carboxylic acids is 11. The monoisotopic (exact) mass is 1250 g/mol. The lowest BCUT2D eigenvalue weighted by Gasteiger charge is -2.33. The first kappa shape index (κ1) is 68.4. The molecule has 8 amide bonds. The lowest BCUT2D eigenvalue weighted by atomic mass is 9.94. The number of ether oxygens (including phenoxy) is 2. The summed E-state index contributed by atoms with van der Waals surface area (Å²) >= 11 is 0. The van der Waals surface area contributed by atoms with E-state index in [1.807, 2.05) is 26.8 Å². The molecule has 0 radical (unpaired) electrons. The molecule has 8 atom stereocenters. The number of nitrogens with one attached hydrogen (secondary N) is 5. The van der Waals surface area contributed by atoms with E-state index in [2.05, 4.69) is 36.6 Å². The Labute approximate surface area is 525 Å². The summed E-state index contributed by atoms with van der Waals surface area (Å²) in [6.45, 7) is 8.39. The standard InChI is InChI=1S/C37H41N7O9.C28H35N3O7/c1-22-30(42-35(50)32-27(45)16-9-17-38-32)34(49)40-21-29(47)44-18-10-15-25(44)36(51)43(2)26(19-23-11-5-3-6-12-23)33(48)39-20-28(46)41-31(37(52)53-22)24-13-7-4-8-14-24;1-17(2)26-19(4)9-10-24(34)29-11-5-7-18(3)13-20(32)14-21(33)15-25-30-22(16-37-25)27(35)31-12-6-8-23(31)28(36)38-26/h3-9,11-14,16-17,22,25-26,30-31,45H,10,15,18-21H2,1-2H3,(H,39,48)(H,40,49)(H,41,46)(H,42,50);5,7-10,13,16-17,19-20,26,32H,6,11-12,14-15H2,1-4H3,(H,29,34)/b;7-5-,10-9-,18-13-/t22-,25+,26+,30+,31?;19-,20-,26-/m11/s1. The third kappa shape index (κ3) is 19.0. The van der Waals surface area contributed by atoms with Crippen molar-refractivity contribution < 1.29 is 76.8 Å². The predicted molar refractivity (Wildman–Crippen MR) is 326 cm³/mol. The van der Waals surface area contributed by atoms with Gasteiger partial charge in [-0.3, -0.25) is 43.2 Å². The van der Waals surface area contributed by atoms with E-state index in [-0.39, 0.29) is 79.7 Å². The van der Waals surface area contributed by atoms with Gasteiger partial charge < -0.3 is 65.4 Å². The van der Waals surface area contributed by atoms with Crippen molar-refractivity contribution in [1.82, 2.24) is 51.3 Å². The quantitative estimate of drug-likeness (QED) is 0.136. The molecule has 91 heavy (non-hydrogen) atoms. The smallest absolute Gasteiger partial charge is 0.355 e. The number of oxazole rings is 1. The van der Waals surface area contributed by atoms with E-state index in [0.29, 0.717) is 24.8 Å². The fourth-order valence-corrected chi connectivity index (χ4v) is 10.6. The summed E-state index contributed by atoms with van der Waals surface area (Å²) in [5.41, 5.74) is 1.47. The number of nitrogens with zero attached hydrogens (tertiary/aromatic N) is 5. The Balaban J connectivity index is 0.000000273. The molecule has 6 heterocycles. The Morgan fingerprint density at radius 3 is 2.29 bits per heavy atom. The third-order valence-electron chi connectivity index (χ3n) is 15.3. The zero-order valence-electron chi connectivity index (χ0n) is 51.4. The van der Waals surface area contributed by atoms with Crippen molar-refractivity contribution in [3.63, 3.8) is 0 Å². The lowest BCUT2D eigenvalue weighted by Crippen LogP contribution is -2.57. The van der Waals surface area contributed by atoms with E-state index < -0.39 is 120 Å². The number of ketones is 1. The number of amides is 8. The zero-order valence-corrected chi connectivity index (χ0v) is 51.4. The SMILES string of the molecule is CC1=C/[C@@H](O)CC(=O)Cc2nc(co2)C(=O)N2CCC=C2C(=O)O[C@H](C(C)C)[C@H](C)/C=C\C(=O)NC/C=C\1.C[C@H]1OC(=O)C(c2ccccc2)NC(=O)CNC(=O)[C@H](Cc2ccccc2)N(C)C(=O)[C@@H]2CCCN2C(=O)CNC(=O)[C@H]1NC(=O)c1ncccc1O. The second kappa shape index (κ2) is 32.4. The Bertz CT molecular complexity index is 3450. The van der Waals surface area contributed by atoms with E-state index in [1.165, 1.54) is 53.1 Å². The number of Topliss-reactive ketones (excluding diaryl/α,β-unsaturated/α-hetero) is 1. The van der Waals surface area contributed by atoms with E-state index >= 15 is 0 Å².